The van der Waals surface area contributed by atoms with Gasteiger partial charge in [0, 0.05) is 27.0 Å². The summed E-state index contributed by atoms with van der Waals surface area (Å²) >= 11 is 0. The summed E-state index contributed by atoms with van der Waals surface area (Å²) < 4.78 is 20.7. The molecule has 2 heterocycles. The lowest BCUT2D eigenvalue weighted by molar-refractivity contribution is -0.263. The van der Waals surface area contributed by atoms with Crippen molar-refractivity contribution in [3.63, 3.8) is 0 Å². The molecule has 1 saturated heterocycles. The highest BCUT2D eigenvalue weighted by Gasteiger charge is 2.50. The maximum atomic E-state index is 12.5. The summed E-state index contributed by atoms with van der Waals surface area (Å²) in [5, 5.41) is 12.9. The number of hydrogen-bond donors (Lipinski definition) is 2. The third-order valence-electron chi connectivity index (χ3n) is 3.92. The van der Waals surface area contributed by atoms with Crippen molar-refractivity contribution in [2.75, 3.05) is 6.61 Å². The molecule has 2 N–H and O–H groups in total. The number of nitrogens with zero attached hydrogens (tertiary/aromatic N) is 1. The Kier molecular flexibility index (Phi) is 7.62. The Morgan fingerprint density at radius 2 is 1.72 bits per heavy atom. The number of rotatable bonds is 6. The van der Waals surface area contributed by atoms with Gasteiger partial charge in [0.15, 0.2) is 18.5 Å². The second-order valence-electron chi connectivity index (χ2n) is 6.23. The first-order chi connectivity index (χ1) is 13.7. The Morgan fingerprint density at radius 1 is 1.07 bits per heavy atom. The van der Waals surface area contributed by atoms with Gasteiger partial charge in [0.2, 0.25) is 0 Å². The highest BCUT2D eigenvalue weighted by molar-refractivity contribution is 5.92. The molecule has 0 saturated carbocycles. The van der Waals surface area contributed by atoms with Gasteiger partial charge in [-0.05, 0) is 12.1 Å². The first-order valence-corrected chi connectivity index (χ1v) is 8.72. The van der Waals surface area contributed by atoms with Crippen LogP contribution in [0.2, 0.25) is 0 Å². The molecule has 11 heteroatoms. The highest BCUT2D eigenvalue weighted by Crippen LogP contribution is 2.26. The Bertz CT molecular complexity index is 755. The quantitative estimate of drug-likeness (QED) is 0.456. The van der Waals surface area contributed by atoms with Gasteiger partial charge in [-0.3, -0.25) is 24.2 Å². The van der Waals surface area contributed by atoms with Crippen LogP contribution in [-0.2, 0) is 33.3 Å². The molecule has 29 heavy (non-hydrogen) atoms. The van der Waals surface area contributed by atoms with Gasteiger partial charge >= 0.3 is 17.9 Å². The maximum absolute atomic E-state index is 12.5. The SMILES string of the molecule is CC(=O)OC[C@@H]1O[C@H](O)[C@H](NC(=O)c2ccccn2)[C@H](OC(C)=O)[C@H]1OC(C)=O. The van der Waals surface area contributed by atoms with Crippen molar-refractivity contribution >= 4 is 23.8 Å². The molecular weight excluding hydrogens is 388 g/mol. The van der Waals surface area contributed by atoms with Gasteiger partial charge in [-0.15, -0.1) is 0 Å². The van der Waals surface area contributed by atoms with Gasteiger partial charge in [0.25, 0.3) is 5.91 Å². The molecule has 0 unspecified atom stereocenters. The molecule has 1 aliphatic rings. The molecule has 158 valence electrons. The van der Waals surface area contributed by atoms with Crippen LogP contribution < -0.4 is 5.32 Å². The van der Waals surface area contributed by atoms with Crippen molar-refractivity contribution in [2.24, 2.45) is 0 Å². The number of aliphatic hydroxyl groups excluding tert-OH is 1. The first-order valence-electron chi connectivity index (χ1n) is 8.72. The second kappa shape index (κ2) is 9.94. The molecule has 2 rings (SSSR count). The number of nitrogens with one attached hydrogen (secondary N) is 1. The Morgan fingerprint density at radius 3 is 2.28 bits per heavy atom. The summed E-state index contributed by atoms with van der Waals surface area (Å²) in [5.74, 6) is -2.77. The van der Waals surface area contributed by atoms with Crippen LogP contribution in [0.1, 0.15) is 31.3 Å². The summed E-state index contributed by atoms with van der Waals surface area (Å²) in [6.07, 6.45) is -3.95. The van der Waals surface area contributed by atoms with Gasteiger partial charge in [0.05, 0.1) is 0 Å². The van der Waals surface area contributed by atoms with Crippen LogP contribution in [0, 0.1) is 0 Å². The Labute approximate surface area is 166 Å². The number of amides is 1. The van der Waals surface area contributed by atoms with Crippen molar-refractivity contribution in [3.05, 3.63) is 30.1 Å². The van der Waals surface area contributed by atoms with Crippen molar-refractivity contribution in [1.82, 2.24) is 10.3 Å². The normalized spacial score (nSPS) is 26.1. The fourth-order valence-corrected chi connectivity index (χ4v) is 2.80. The zero-order chi connectivity index (χ0) is 21.6. The predicted molar refractivity (Wildman–Crippen MR) is 94.1 cm³/mol. The van der Waals surface area contributed by atoms with Crippen LogP contribution >= 0.6 is 0 Å². The van der Waals surface area contributed by atoms with E-state index in [-0.39, 0.29) is 12.3 Å². The molecule has 0 aliphatic carbocycles. The number of pyridine rings is 1. The van der Waals surface area contributed by atoms with Gasteiger partial charge in [-0.2, -0.15) is 0 Å². The third kappa shape index (κ3) is 6.22. The van der Waals surface area contributed by atoms with E-state index >= 15 is 0 Å². The van der Waals surface area contributed by atoms with Crippen LogP contribution in [0.4, 0.5) is 0 Å². The zero-order valence-electron chi connectivity index (χ0n) is 16.1. The monoisotopic (exact) mass is 410 g/mol. The lowest BCUT2D eigenvalue weighted by Gasteiger charge is -2.43. The van der Waals surface area contributed by atoms with Crippen molar-refractivity contribution in [3.8, 4) is 0 Å². The minimum Gasteiger partial charge on any atom is -0.463 e. The molecule has 1 aromatic rings. The van der Waals surface area contributed by atoms with Gasteiger partial charge in [0.1, 0.15) is 24.4 Å². The summed E-state index contributed by atoms with van der Waals surface area (Å²) in [6.45, 7) is 3.04. The van der Waals surface area contributed by atoms with Crippen molar-refractivity contribution < 1.29 is 43.2 Å². The third-order valence-corrected chi connectivity index (χ3v) is 3.92. The number of carbonyl (C=O) groups excluding carboxylic acids is 4. The first kappa shape index (κ1) is 22.2. The van der Waals surface area contributed by atoms with Crippen LogP contribution in [-0.4, -0.2) is 71.2 Å². The molecule has 0 spiro atoms. The van der Waals surface area contributed by atoms with Crippen molar-refractivity contribution in [1.29, 1.82) is 0 Å². The fraction of sp³-hybridized carbons (Fsp3) is 0.500. The van der Waals surface area contributed by atoms with E-state index in [0.29, 0.717) is 0 Å². The highest BCUT2D eigenvalue weighted by atomic mass is 16.7. The fourth-order valence-electron chi connectivity index (χ4n) is 2.80. The van der Waals surface area contributed by atoms with E-state index in [4.69, 9.17) is 18.9 Å². The van der Waals surface area contributed by atoms with Gasteiger partial charge < -0.3 is 29.4 Å². The standard InChI is InChI=1S/C18H22N2O9/c1-9(21)26-8-13-15(27-10(2)22)16(28-11(3)23)14(18(25)29-13)20-17(24)12-6-4-5-7-19-12/h4-7,13-16,18,25H,8H2,1-3H3,(H,20,24)/t13-,14+,15-,16-,18-/m0/s1. The number of esters is 3. The second-order valence-corrected chi connectivity index (χ2v) is 6.23. The van der Waals surface area contributed by atoms with Crippen LogP contribution in [0.15, 0.2) is 24.4 Å². The van der Waals surface area contributed by atoms with Crippen LogP contribution in [0.5, 0.6) is 0 Å². The van der Waals surface area contributed by atoms with E-state index in [2.05, 4.69) is 10.3 Å². The smallest absolute Gasteiger partial charge is 0.303 e. The largest absolute Gasteiger partial charge is 0.463 e. The van der Waals surface area contributed by atoms with E-state index in [1.165, 1.54) is 19.2 Å². The number of hydrogen-bond acceptors (Lipinski definition) is 10. The Hall–Kier alpha value is -3.05. The van der Waals surface area contributed by atoms with E-state index in [1.807, 2.05) is 0 Å². The van der Waals surface area contributed by atoms with E-state index in [9.17, 15) is 24.3 Å². The maximum Gasteiger partial charge on any atom is 0.303 e. The molecule has 11 nitrogen and oxygen atoms in total. The summed E-state index contributed by atoms with van der Waals surface area (Å²) in [5.41, 5.74) is 0.0485. The topological polar surface area (TPSA) is 150 Å². The van der Waals surface area contributed by atoms with Gasteiger partial charge in [-0.25, -0.2) is 0 Å². The van der Waals surface area contributed by atoms with Gasteiger partial charge in [-0.1, -0.05) is 6.07 Å². The Balaban J connectivity index is 2.30. The molecule has 0 radical (unpaired) electrons. The molecule has 1 amide bonds. The lowest BCUT2D eigenvalue weighted by atomic mass is 9.96. The summed E-state index contributed by atoms with van der Waals surface area (Å²) in [4.78, 5) is 50.7. The average Bonchev–Trinajstić information content (AvgIpc) is 2.65. The number of aliphatic hydroxyl groups is 1. The molecule has 5 atom stereocenters. The average molecular weight is 410 g/mol. The number of aromatic nitrogens is 1. The molecule has 1 aromatic heterocycles. The number of carbonyl (C=O) groups is 4. The molecule has 1 aliphatic heterocycles. The molecule has 1 fully saturated rings. The minimum atomic E-state index is -1.65. The zero-order valence-corrected chi connectivity index (χ0v) is 16.1. The summed E-state index contributed by atoms with van der Waals surface area (Å²) in [6, 6.07) is 3.37. The minimum absolute atomic E-state index is 0.0485. The molecular formula is C18H22N2O9. The van der Waals surface area contributed by atoms with Crippen molar-refractivity contribution in [2.45, 2.75) is 51.4 Å². The van der Waals surface area contributed by atoms with Crippen LogP contribution in [0.3, 0.4) is 0 Å². The van der Waals surface area contributed by atoms with E-state index in [1.54, 1.807) is 12.1 Å². The van der Waals surface area contributed by atoms with E-state index < -0.39 is 54.5 Å². The molecule has 0 aromatic carbocycles. The van der Waals surface area contributed by atoms with E-state index in [0.717, 1.165) is 13.8 Å². The number of ether oxygens (including phenoxy) is 4. The molecule has 0 bridgehead atoms. The predicted octanol–water partition coefficient (Wildman–Crippen LogP) is -0.676. The summed E-state index contributed by atoms with van der Waals surface area (Å²) in [7, 11) is 0. The van der Waals surface area contributed by atoms with Crippen LogP contribution in [0.25, 0.3) is 0 Å². The lowest BCUT2D eigenvalue weighted by Crippen LogP contribution is -2.66.